The van der Waals surface area contributed by atoms with Crippen LogP contribution in [0.1, 0.15) is 23.2 Å². The molecule has 0 radical (unpaired) electrons. The molecule has 0 spiro atoms. The highest BCUT2D eigenvalue weighted by Gasteiger charge is 2.05. The molecule has 0 saturated carbocycles. The third-order valence-electron chi connectivity index (χ3n) is 3.10. The smallest absolute Gasteiger partial charge is 0.251 e. The fourth-order valence-corrected chi connectivity index (χ4v) is 2.16. The van der Waals surface area contributed by atoms with Gasteiger partial charge in [0.25, 0.3) is 5.91 Å². The zero-order valence-corrected chi connectivity index (χ0v) is 12.1. The minimum absolute atomic E-state index is 0.0285. The lowest BCUT2D eigenvalue weighted by molar-refractivity contribution is 0.0953. The molecule has 0 unspecified atom stereocenters. The average Bonchev–Trinajstić information content (AvgIpc) is 2.52. The molecule has 0 fully saturated rings. The van der Waals surface area contributed by atoms with Crippen LogP contribution in [0, 0.1) is 0 Å². The van der Waals surface area contributed by atoms with E-state index in [9.17, 15) is 4.79 Å². The van der Waals surface area contributed by atoms with E-state index in [0.29, 0.717) is 18.0 Å². The number of hydrogen-bond donors (Lipinski definition) is 1. The van der Waals surface area contributed by atoms with Gasteiger partial charge in [-0.1, -0.05) is 42.5 Å². The molecule has 0 aliphatic rings. The number of halogens is 1. The van der Waals surface area contributed by atoms with E-state index in [1.165, 1.54) is 0 Å². The van der Waals surface area contributed by atoms with Gasteiger partial charge in [-0.3, -0.25) is 4.79 Å². The van der Waals surface area contributed by atoms with Crippen molar-refractivity contribution >= 4 is 17.5 Å². The van der Waals surface area contributed by atoms with Crippen molar-refractivity contribution in [2.24, 2.45) is 0 Å². The average molecular weight is 288 g/mol. The van der Waals surface area contributed by atoms with E-state index in [-0.39, 0.29) is 5.91 Å². The molecule has 1 amide bonds. The molecule has 1 N–H and O–H groups in total. The Bertz CT molecular complexity index is 537. The van der Waals surface area contributed by atoms with Crippen LogP contribution < -0.4 is 5.32 Å². The molecule has 3 heteroatoms. The van der Waals surface area contributed by atoms with Crippen LogP contribution >= 0.6 is 11.6 Å². The fraction of sp³-hybridized carbons (Fsp3) is 0.235. The first-order valence-electron chi connectivity index (χ1n) is 6.81. The predicted octanol–water partition coefficient (Wildman–Crippen LogP) is 4.10. The summed E-state index contributed by atoms with van der Waals surface area (Å²) < 4.78 is 0. The van der Waals surface area contributed by atoms with E-state index in [4.69, 9.17) is 11.6 Å². The first-order chi connectivity index (χ1) is 9.81. The molecule has 2 aromatic rings. The Morgan fingerprint density at radius 1 is 0.900 bits per heavy atom. The molecular formula is C17H18ClNO. The van der Waals surface area contributed by atoms with Gasteiger partial charge in [-0.2, -0.15) is 0 Å². The van der Waals surface area contributed by atoms with Crippen molar-refractivity contribution in [1.29, 1.82) is 0 Å². The zero-order valence-electron chi connectivity index (χ0n) is 11.3. The number of rotatable bonds is 6. The standard InChI is InChI=1S/C17H18ClNO/c18-12-4-5-13-19-17(20)16-10-8-15(9-11-16)14-6-2-1-3-7-14/h1-3,6-11H,4-5,12-13H2,(H,19,20). The maximum absolute atomic E-state index is 11.9. The quantitative estimate of drug-likeness (QED) is 0.629. The number of carbonyl (C=O) groups excluding carboxylic acids is 1. The lowest BCUT2D eigenvalue weighted by Crippen LogP contribution is -2.24. The van der Waals surface area contributed by atoms with Gasteiger partial charge in [0.15, 0.2) is 0 Å². The van der Waals surface area contributed by atoms with Crippen LogP contribution in [-0.2, 0) is 0 Å². The Hall–Kier alpha value is -1.80. The van der Waals surface area contributed by atoms with Crippen molar-refractivity contribution < 1.29 is 4.79 Å². The van der Waals surface area contributed by atoms with Crippen molar-refractivity contribution in [2.45, 2.75) is 12.8 Å². The highest BCUT2D eigenvalue weighted by molar-refractivity contribution is 6.17. The van der Waals surface area contributed by atoms with Crippen LogP contribution in [0.15, 0.2) is 54.6 Å². The van der Waals surface area contributed by atoms with Gasteiger partial charge in [0.1, 0.15) is 0 Å². The lowest BCUT2D eigenvalue weighted by Gasteiger charge is -2.06. The molecule has 104 valence electrons. The SMILES string of the molecule is O=C(NCCCCCl)c1ccc(-c2ccccc2)cc1. The molecule has 2 nitrogen and oxygen atoms in total. The first-order valence-corrected chi connectivity index (χ1v) is 7.34. The van der Waals surface area contributed by atoms with E-state index >= 15 is 0 Å². The fourth-order valence-electron chi connectivity index (χ4n) is 1.97. The van der Waals surface area contributed by atoms with Crippen LogP contribution in [0.3, 0.4) is 0 Å². The van der Waals surface area contributed by atoms with Crippen LogP contribution in [0.2, 0.25) is 0 Å². The number of alkyl halides is 1. The maximum atomic E-state index is 11.9. The number of carbonyl (C=O) groups is 1. The first kappa shape index (κ1) is 14.6. The minimum atomic E-state index is -0.0285. The Labute approximate surface area is 124 Å². The predicted molar refractivity (Wildman–Crippen MR) is 84.2 cm³/mol. The molecule has 2 aromatic carbocycles. The van der Waals surface area contributed by atoms with Gasteiger partial charge in [-0.15, -0.1) is 11.6 Å². The number of benzene rings is 2. The van der Waals surface area contributed by atoms with Crippen LogP contribution in [0.4, 0.5) is 0 Å². The second-order valence-corrected chi connectivity index (χ2v) is 4.97. The second kappa shape index (κ2) is 7.71. The summed E-state index contributed by atoms with van der Waals surface area (Å²) in [4.78, 5) is 11.9. The van der Waals surface area contributed by atoms with Crippen molar-refractivity contribution in [2.75, 3.05) is 12.4 Å². The van der Waals surface area contributed by atoms with Gasteiger partial charge in [-0.25, -0.2) is 0 Å². The van der Waals surface area contributed by atoms with Gasteiger partial charge in [0.2, 0.25) is 0 Å². The molecule has 2 rings (SSSR count). The van der Waals surface area contributed by atoms with Gasteiger partial charge in [0, 0.05) is 18.0 Å². The number of hydrogen-bond acceptors (Lipinski definition) is 1. The van der Waals surface area contributed by atoms with Gasteiger partial charge in [-0.05, 0) is 36.1 Å². The molecule has 0 saturated heterocycles. The van der Waals surface area contributed by atoms with Crippen LogP contribution in [0.25, 0.3) is 11.1 Å². The second-order valence-electron chi connectivity index (χ2n) is 4.60. The Kier molecular flexibility index (Phi) is 5.63. The highest BCUT2D eigenvalue weighted by atomic mass is 35.5. The number of nitrogens with one attached hydrogen (secondary N) is 1. The van der Waals surface area contributed by atoms with Crippen molar-refractivity contribution in [3.8, 4) is 11.1 Å². The molecule has 0 bridgehead atoms. The van der Waals surface area contributed by atoms with Crippen molar-refractivity contribution in [1.82, 2.24) is 5.32 Å². The molecule has 20 heavy (non-hydrogen) atoms. The molecule has 0 atom stereocenters. The summed E-state index contributed by atoms with van der Waals surface area (Å²) in [5.41, 5.74) is 2.96. The monoisotopic (exact) mass is 287 g/mol. The van der Waals surface area contributed by atoms with E-state index in [1.807, 2.05) is 42.5 Å². The minimum Gasteiger partial charge on any atom is -0.352 e. The normalized spacial score (nSPS) is 10.2. The Morgan fingerprint density at radius 3 is 2.20 bits per heavy atom. The summed E-state index contributed by atoms with van der Waals surface area (Å²) in [6.45, 7) is 0.673. The summed E-state index contributed by atoms with van der Waals surface area (Å²) in [5.74, 6) is 0.612. The van der Waals surface area contributed by atoms with E-state index in [1.54, 1.807) is 0 Å². The van der Waals surface area contributed by atoms with Gasteiger partial charge < -0.3 is 5.32 Å². The largest absolute Gasteiger partial charge is 0.352 e. The lowest BCUT2D eigenvalue weighted by atomic mass is 10.0. The third kappa shape index (κ3) is 4.10. The Morgan fingerprint density at radius 2 is 1.55 bits per heavy atom. The number of amides is 1. The summed E-state index contributed by atoms with van der Waals surface area (Å²) in [5, 5.41) is 2.90. The van der Waals surface area contributed by atoms with E-state index in [0.717, 1.165) is 24.0 Å². The highest BCUT2D eigenvalue weighted by Crippen LogP contribution is 2.19. The Balaban J connectivity index is 1.96. The molecule has 0 aliphatic carbocycles. The van der Waals surface area contributed by atoms with Gasteiger partial charge in [0.05, 0.1) is 0 Å². The third-order valence-corrected chi connectivity index (χ3v) is 3.37. The summed E-state index contributed by atoms with van der Waals surface area (Å²) >= 11 is 5.60. The summed E-state index contributed by atoms with van der Waals surface area (Å²) in [6, 6.07) is 17.8. The zero-order chi connectivity index (χ0) is 14.2. The van der Waals surface area contributed by atoms with Crippen molar-refractivity contribution in [3.05, 3.63) is 60.2 Å². The molecule has 0 aromatic heterocycles. The van der Waals surface area contributed by atoms with E-state index < -0.39 is 0 Å². The van der Waals surface area contributed by atoms with Crippen LogP contribution in [0.5, 0.6) is 0 Å². The van der Waals surface area contributed by atoms with E-state index in [2.05, 4.69) is 17.4 Å². The summed E-state index contributed by atoms with van der Waals surface area (Å²) in [7, 11) is 0. The molecular weight excluding hydrogens is 270 g/mol. The van der Waals surface area contributed by atoms with Crippen LogP contribution in [-0.4, -0.2) is 18.3 Å². The van der Waals surface area contributed by atoms with Crippen molar-refractivity contribution in [3.63, 3.8) is 0 Å². The number of unbranched alkanes of at least 4 members (excludes halogenated alkanes) is 1. The van der Waals surface area contributed by atoms with Gasteiger partial charge >= 0.3 is 0 Å². The maximum Gasteiger partial charge on any atom is 0.251 e. The topological polar surface area (TPSA) is 29.1 Å². The molecule has 0 heterocycles. The summed E-state index contributed by atoms with van der Waals surface area (Å²) in [6.07, 6.45) is 1.84. The molecule has 0 aliphatic heterocycles.